The number of hydrogen-bond donors (Lipinski definition) is 1. The van der Waals surface area contributed by atoms with Crippen molar-refractivity contribution in [1.82, 2.24) is 15.2 Å². The van der Waals surface area contributed by atoms with Gasteiger partial charge in [-0.15, -0.1) is 10.2 Å². The first-order chi connectivity index (χ1) is 8.77. The lowest BCUT2D eigenvalue weighted by atomic mass is 9.92. The van der Waals surface area contributed by atoms with Crippen LogP contribution >= 0.6 is 0 Å². The summed E-state index contributed by atoms with van der Waals surface area (Å²) in [6.45, 7) is 12.2. The van der Waals surface area contributed by atoms with E-state index >= 15 is 0 Å². The van der Waals surface area contributed by atoms with Gasteiger partial charge in [-0.2, -0.15) is 0 Å². The lowest BCUT2D eigenvalue weighted by Crippen LogP contribution is -2.41. The SMILES string of the molecule is CC1CC(C)CN(c2nnc(C(C)(C)C)c(=O)[nH]2)C1. The minimum absolute atomic E-state index is 0.122. The fourth-order valence-corrected chi connectivity index (χ4v) is 2.80. The molecule has 0 spiro atoms. The van der Waals surface area contributed by atoms with Crippen LogP contribution in [0.4, 0.5) is 5.95 Å². The first kappa shape index (κ1) is 14.0. The summed E-state index contributed by atoms with van der Waals surface area (Å²) in [6.07, 6.45) is 1.23. The molecule has 106 valence electrons. The van der Waals surface area contributed by atoms with Crippen LogP contribution in [0.3, 0.4) is 0 Å². The fourth-order valence-electron chi connectivity index (χ4n) is 2.80. The molecule has 0 radical (unpaired) electrons. The number of aromatic nitrogens is 3. The van der Waals surface area contributed by atoms with E-state index in [1.807, 2.05) is 20.8 Å². The van der Waals surface area contributed by atoms with Crippen molar-refractivity contribution in [3.63, 3.8) is 0 Å². The zero-order valence-corrected chi connectivity index (χ0v) is 12.5. The van der Waals surface area contributed by atoms with Gasteiger partial charge < -0.3 is 4.90 Å². The van der Waals surface area contributed by atoms with Gasteiger partial charge in [0.25, 0.3) is 5.56 Å². The predicted molar refractivity (Wildman–Crippen MR) is 76.5 cm³/mol. The van der Waals surface area contributed by atoms with Gasteiger partial charge in [-0.1, -0.05) is 34.6 Å². The number of piperidine rings is 1. The summed E-state index contributed by atoms with van der Waals surface area (Å²) in [7, 11) is 0. The molecule has 2 rings (SSSR count). The number of aromatic amines is 1. The Balaban J connectivity index is 2.27. The van der Waals surface area contributed by atoms with Crippen molar-refractivity contribution in [1.29, 1.82) is 0 Å². The second kappa shape index (κ2) is 4.94. The van der Waals surface area contributed by atoms with Gasteiger partial charge in [0.15, 0.2) is 0 Å². The Hall–Kier alpha value is -1.39. The maximum atomic E-state index is 12.1. The van der Waals surface area contributed by atoms with Gasteiger partial charge >= 0.3 is 0 Å². The zero-order chi connectivity index (χ0) is 14.2. The molecule has 2 heterocycles. The highest BCUT2D eigenvalue weighted by Gasteiger charge is 2.25. The van der Waals surface area contributed by atoms with Crippen LogP contribution in [0, 0.1) is 11.8 Å². The second-order valence-electron chi connectivity index (χ2n) is 6.93. The van der Waals surface area contributed by atoms with Crippen molar-refractivity contribution in [3.05, 3.63) is 16.0 Å². The van der Waals surface area contributed by atoms with Crippen LogP contribution in [0.25, 0.3) is 0 Å². The van der Waals surface area contributed by atoms with Crippen molar-refractivity contribution in [2.75, 3.05) is 18.0 Å². The minimum atomic E-state index is -0.276. The molecule has 5 heteroatoms. The lowest BCUT2D eigenvalue weighted by molar-refractivity contribution is 0.352. The molecular weight excluding hydrogens is 240 g/mol. The fraction of sp³-hybridized carbons (Fsp3) is 0.786. The Kier molecular flexibility index (Phi) is 3.65. The molecule has 0 amide bonds. The first-order valence-corrected chi connectivity index (χ1v) is 7.00. The van der Waals surface area contributed by atoms with E-state index in [9.17, 15) is 4.79 Å². The Morgan fingerprint density at radius 2 is 1.74 bits per heavy atom. The number of nitrogens with zero attached hydrogens (tertiary/aromatic N) is 3. The Morgan fingerprint density at radius 1 is 1.16 bits per heavy atom. The summed E-state index contributed by atoms with van der Waals surface area (Å²) in [4.78, 5) is 17.1. The van der Waals surface area contributed by atoms with E-state index in [4.69, 9.17) is 0 Å². The molecule has 1 aliphatic heterocycles. The quantitative estimate of drug-likeness (QED) is 0.842. The Labute approximate surface area is 114 Å². The summed E-state index contributed by atoms with van der Waals surface area (Å²) < 4.78 is 0. The van der Waals surface area contributed by atoms with Crippen molar-refractivity contribution in [3.8, 4) is 0 Å². The zero-order valence-electron chi connectivity index (χ0n) is 12.5. The normalized spacial score (nSPS) is 24.6. The van der Waals surface area contributed by atoms with Gasteiger partial charge in [-0.05, 0) is 18.3 Å². The summed E-state index contributed by atoms with van der Waals surface area (Å²) in [5.41, 5.74) is 0.0967. The highest BCUT2D eigenvalue weighted by Crippen LogP contribution is 2.23. The summed E-state index contributed by atoms with van der Waals surface area (Å²) in [5, 5.41) is 8.36. The van der Waals surface area contributed by atoms with Crippen molar-refractivity contribution in [2.24, 2.45) is 11.8 Å². The lowest BCUT2D eigenvalue weighted by Gasteiger charge is -2.35. The second-order valence-corrected chi connectivity index (χ2v) is 6.93. The van der Waals surface area contributed by atoms with E-state index in [-0.39, 0.29) is 11.0 Å². The average Bonchev–Trinajstić information content (AvgIpc) is 2.25. The third kappa shape index (κ3) is 3.14. The summed E-state index contributed by atoms with van der Waals surface area (Å²) in [6, 6.07) is 0. The molecule has 1 aromatic heterocycles. The number of rotatable bonds is 1. The van der Waals surface area contributed by atoms with Gasteiger partial charge in [0.2, 0.25) is 5.95 Å². The minimum Gasteiger partial charge on any atom is -0.341 e. The highest BCUT2D eigenvalue weighted by molar-refractivity contribution is 5.29. The molecule has 5 nitrogen and oxygen atoms in total. The average molecular weight is 264 g/mol. The van der Waals surface area contributed by atoms with Crippen LogP contribution in [-0.4, -0.2) is 28.3 Å². The molecular formula is C14H24N4O. The number of anilines is 1. The van der Waals surface area contributed by atoms with Gasteiger partial charge in [-0.3, -0.25) is 9.78 Å². The molecule has 1 saturated heterocycles. The van der Waals surface area contributed by atoms with E-state index in [2.05, 4.69) is 33.9 Å². The molecule has 2 unspecified atom stereocenters. The molecule has 1 fully saturated rings. The molecule has 0 aliphatic carbocycles. The molecule has 0 aromatic carbocycles. The monoisotopic (exact) mass is 264 g/mol. The van der Waals surface area contributed by atoms with Crippen LogP contribution in [-0.2, 0) is 5.41 Å². The predicted octanol–water partition coefficient (Wildman–Crippen LogP) is 1.94. The van der Waals surface area contributed by atoms with Gasteiger partial charge in [0, 0.05) is 18.5 Å². The smallest absolute Gasteiger partial charge is 0.274 e. The molecule has 1 aromatic rings. The number of nitrogens with one attached hydrogen (secondary N) is 1. The van der Waals surface area contributed by atoms with Crippen molar-refractivity contribution >= 4 is 5.95 Å². The van der Waals surface area contributed by atoms with Crippen LogP contribution in [0.1, 0.15) is 46.7 Å². The maximum absolute atomic E-state index is 12.1. The first-order valence-electron chi connectivity index (χ1n) is 7.00. The van der Waals surface area contributed by atoms with Crippen LogP contribution < -0.4 is 10.5 Å². The summed E-state index contributed by atoms with van der Waals surface area (Å²) in [5.74, 6) is 1.85. The van der Waals surface area contributed by atoms with Gasteiger partial charge in [0.1, 0.15) is 5.69 Å². The van der Waals surface area contributed by atoms with Crippen LogP contribution in [0.15, 0.2) is 4.79 Å². The van der Waals surface area contributed by atoms with Crippen LogP contribution in [0.2, 0.25) is 0 Å². The summed E-state index contributed by atoms with van der Waals surface area (Å²) >= 11 is 0. The molecule has 1 aliphatic rings. The topological polar surface area (TPSA) is 61.9 Å². The van der Waals surface area contributed by atoms with E-state index in [0.717, 1.165) is 13.1 Å². The third-order valence-corrected chi connectivity index (χ3v) is 3.56. The van der Waals surface area contributed by atoms with E-state index in [1.165, 1.54) is 6.42 Å². The van der Waals surface area contributed by atoms with Crippen molar-refractivity contribution in [2.45, 2.75) is 46.5 Å². The number of hydrogen-bond acceptors (Lipinski definition) is 4. The van der Waals surface area contributed by atoms with Crippen LogP contribution in [0.5, 0.6) is 0 Å². The molecule has 0 saturated carbocycles. The third-order valence-electron chi connectivity index (χ3n) is 3.56. The molecule has 1 N–H and O–H groups in total. The largest absolute Gasteiger partial charge is 0.341 e. The van der Waals surface area contributed by atoms with Gasteiger partial charge in [0.05, 0.1) is 0 Å². The maximum Gasteiger partial charge on any atom is 0.274 e. The van der Waals surface area contributed by atoms with E-state index < -0.39 is 0 Å². The molecule has 19 heavy (non-hydrogen) atoms. The Morgan fingerprint density at radius 3 is 2.21 bits per heavy atom. The van der Waals surface area contributed by atoms with E-state index in [1.54, 1.807) is 0 Å². The Bertz CT molecular complexity index is 493. The van der Waals surface area contributed by atoms with E-state index in [0.29, 0.717) is 23.5 Å². The molecule has 2 atom stereocenters. The molecule has 0 bridgehead atoms. The number of H-pyrrole nitrogens is 1. The highest BCUT2D eigenvalue weighted by atomic mass is 16.1. The van der Waals surface area contributed by atoms with Crippen molar-refractivity contribution < 1.29 is 0 Å². The van der Waals surface area contributed by atoms with Gasteiger partial charge in [-0.25, -0.2) is 0 Å². The standard InChI is InChI=1S/C14H24N4O/c1-9-6-10(2)8-18(7-9)13-15-12(19)11(16-17-13)14(3,4)5/h9-10H,6-8H2,1-5H3,(H,15,17,19).